The van der Waals surface area contributed by atoms with Crippen molar-refractivity contribution in [2.24, 2.45) is 0 Å². The first kappa shape index (κ1) is 13.0. The van der Waals surface area contributed by atoms with Gasteiger partial charge in [0.1, 0.15) is 0 Å². The monoisotopic (exact) mass is 263 g/mol. The van der Waals surface area contributed by atoms with Crippen LogP contribution in [0.5, 0.6) is 0 Å². The highest BCUT2D eigenvalue weighted by Crippen LogP contribution is 2.23. The van der Waals surface area contributed by atoms with Gasteiger partial charge in [0.05, 0.1) is 0 Å². The third kappa shape index (κ3) is 2.49. The molecule has 0 atom stereocenters. The molecule has 0 amide bonds. The van der Waals surface area contributed by atoms with Gasteiger partial charge in [-0.25, -0.2) is 0 Å². The summed E-state index contributed by atoms with van der Waals surface area (Å²) in [6, 6.07) is 17.8. The lowest BCUT2D eigenvalue weighted by atomic mass is 10.0. The Labute approximate surface area is 120 Å². The Kier molecular flexibility index (Phi) is 3.35. The van der Waals surface area contributed by atoms with Gasteiger partial charge in [-0.15, -0.1) is 0 Å². The van der Waals surface area contributed by atoms with E-state index >= 15 is 0 Å². The molecule has 3 rings (SSSR count). The minimum Gasteiger partial charge on any atom is -0.343 e. The third-order valence-electron chi connectivity index (χ3n) is 3.94. The first-order valence-electron chi connectivity index (χ1n) is 7.28. The molecule has 0 spiro atoms. The molecule has 0 N–H and O–H groups in total. The van der Waals surface area contributed by atoms with E-state index in [9.17, 15) is 0 Å². The fraction of sp³-hybridized carbons (Fsp3) is 0.263. The van der Waals surface area contributed by atoms with E-state index in [-0.39, 0.29) is 0 Å². The predicted octanol–water partition coefficient (Wildman–Crippen LogP) is 5.12. The Bertz CT molecular complexity index is 717. The molecular formula is C19H21N. The Balaban J connectivity index is 1.94. The number of hydrogen-bond donors (Lipinski definition) is 0. The molecule has 3 aromatic rings. The van der Waals surface area contributed by atoms with Crippen molar-refractivity contribution in [3.63, 3.8) is 0 Å². The lowest BCUT2D eigenvalue weighted by Crippen LogP contribution is -1.98. The van der Waals surface area contributed by atoms with Gasteiger partial charge in [0, 0.05) is 18.3 Å². The van der Waals surface area contributed by atoms with Crippen molar-refractivity contribution >= 4 is 10.9 Å². The second-order valence-corrected chi connectivity index (χ2v) is 5.90. The Morgan fingerprint density at radius 2 is 1.70 bits per heavy atom. The SMILES string of the molecule is Cc1ccc(Cn2ccc3cc(C(C)C)ccc32)cc1. The van der Waals surface area contributed by atoms with Gasteiger partial charge in [0.25, 0.3) is 0 Å². The van der Waals surface area contributed by atoms with Crippen molar-refractivity contribution < 1.29 is 0 Å². The van der Waals surface area contributed by atoms with Crippen LogP contribution < -0.4 is 0 Å². The van der Waals surface area contributed by atoms with Crippen molar-refractivity contribution in [1.29, 1.82) is 0 Å². The molecule has 1 nitrogen and oxygen atoms in total. The normalized spacial score (nSPS) is 11.4. The number of hydrogen-bond acceptors (Lipinski definition) is 0. The topological polar surface area (TPSA) is 4.93 Å². The van der Waals surface area contributed by atoms with E-state index in [0.29, 0.717) is 5.92 Å². The zero-order chi connectivity index (χ0) is 14.1. The van der Waals surface area contributed by atoms with Gasteiger partial charge in [0.2, 0.25) is 0 Å². The Hall–Kier alpha value is -2.02. The summed E-state index contributed by atoms with van der Waals surface area (Å²) >= 11 is 0. The molecule has 1 heteroatoms. The van der Waals surface area contributed by atoms with Crippen LogP contribution in [-0.2, 0) is 6.54 Å². The molecule has 20 heavy (non-hydrogen) atoms. The molecule has 0 aliphatic carbocycles. The third-order valence-corrected chi connectivity index (χ3v) is 3.94. The summed E-state index contributed by atoms with van der Waals surface area (Å²) in [4.78, 5) is 0. The Morgan fingerprint density at radius 1 is 0.950 bits per heavy atom. The van der Waals surface area contributed by atoms with Crippen LogP contribution in [0, 0.1) is 6.92 Å². The molecule has 0 aliphatic heterocycles. The smallest absolute Gasteiger partial charge is 0.0483 e. The van der Waals surface area contributed by atoms with E-state index in [4.69, 9.17) is 0 Å². The molecule has 1 aromatic heterocycles. The number of rotatable bonds is 3. The van der Waals surface area contributed by atoms with Gasteiger partial charge in [0.15, 0.2) is 0 Å². The Morgan fingerprint density at radius 3 is 2.40 bits per heavy atom. The van der Waals surface area contributed by atoms with E-state index in [0.717, 1.165) is 6.54 Å². The standard InChI is InChI=1S/C19H21N/c1-14(2)17-8-9-19-18(12-17)10-11-20(19)13-16-6-4-15(3)5-7-16/h4-12,14H,13H2,1-3H3. The average molecular weight is 263 g/mol. The van der Waals surface area contributed by atoms with Crippen LogP contribution in [0.1, 0.15) is 36.5 Å². The molecule has 0 saturated heterocycles. The van der Waals surface area contributed by atoms with Gasteiger partial charge in [-0.05, 0) is 47.6 Å². The molecule has 1 heterocycles. The molecule has 0 unspecified atom stereocenters. The molecule has 0 bridgehead atoms. The fourth-order valence-electron chi connectivity index (χ4n) is 2.61. The van der Waals surface area contributed by atoms with Gasteiger partial charge in [-0.3, -0.25) is 0 Å². The molecule has 0 radical (unpaired) electrons. The summed E-state index contributed by atoms with van der Waals surface area (Å²) in [5, 5.41) is 1.34. The maximum absolute atomic E-state index is 2.32. The van der Waals surface area contributed by atoms with Crippen molar-refractivity contribution in [2.45, 2.75) is 33.2 Å². The average Bonchev–Trinajstić information content (AvgIpc) is 2.84. The first-order chi connectivity index (χ1) is 9.63. The highest BCUT2D eigenvalue weighted by molar-refractivity contribution is 5.81. The zero-order valence-corrected chi connectivity index (χ0v) is 12.4. The van der Waals surface area contributed by atoms with Crippen LogP contribution in [0.2, 0.25) is 0 Å². The summed E-state index contributed by atoms with van der Waals surface area (Å²) in [6.45, 7) is 7.54. The summed E-state index contributed by atoms with van der Waals surface area (Å²) in [6.07, 6.45) is 2.19. The molecule has 0 saturated carbocycles. The van der Waals surface area contributed by atoms with E-state index in [1.54, 1.807) is 0 Å². The second-order valence-electron chi connectivity index (χ2n) is 5.90. The minimum absolute atomic E-state index is 0.583. The van der Waals surface area contributed by atoms with Crippen molar-refractivity contribution in [1.82, 2.24) is 4.57 Å². The predicted molar refractivity (Wildman–Crippen MR) is 86.3 cm³/mol. The number of fused-ring (bicyclic) bond motifs is 1. The highest BCUT2D eigenvalue weighted by Gasteiger charge is 2.05. The number of aromatic nitrogens is 1. The molecule has 0 aliphatic rings. The second kappa shape index (κ2) is 5.16. The number of nitrogens with zero attached hydrogens (tertiary/aromatic N) is 1. The summed E-state index contributed by atoms with van der Waals surface area (Å²) in [5.41, 5.74) is 5.38. The zero-order valence-electron chi connectivity index (χ0n) is 12.4. The van der Waals surface area contributed by atoms with Crippen molar-refractivity contribution in [3.05, 3.63) is 71.4 Å². The van der Waals surface area contributed by atoms with Crippen LogP contribution >= 0.6 is 0 Å². The first-order valence-corrected chi connectivity index (χ1v) is 7.28. The summed E-state index contributed by atoms with van der Waals surface area (Å²) in [5.74, 6) is 0.583. The lowest BCUT2D eigenvalue weighted by molar-refractivity contribution is 0.834. The van der Waals surface area contributed by atoms with Crippen LogP contribution in [0.4, 0.5) is 0 Å². The maximum Gasteiger partial charge on any atom is 0.0483 e. The van der Waals surface area contributed by atoms with Gasteiger partial charge >= 0.3 is 0 Å². The molecular weight excluding hydrogens is 242 g/mol. The maximum atomic E-state index is 2.32. The van der Waals surface area contributed by atoms with Crippen LogP contribution in [0.15, 0.2) is 54.7 Å². The summed E-state index contributed by atoms with van der Waals surface area (Å²) in [7, 11) is 0. The van der Waals surface area contributed by atoms with Crippen LogP contribution in [-0.4, -0.2) is 4.57 Å². The summed E-state index contributed by atoms with van der Waals surface area (Å²) < 4.78 is 2.32. The minimum atomic E-state index is 0.583. The molecule has 2 aromatic carbocycles. The molecule has 102 valence electrons. The molecule has 0 fully saturated rings. The van der Waals surface area contributed by atoms with Crippen LogP contribution in [0.25, 0.3) is 10.9 Å². The van der Waals surface area contributed by atoms with Gasteiger partial charge < -0.3 is 4.57 Å². The van der Waals surface area contributed by atoms with Gasteiger partial charge in [-0.2, -0.15) is 0 Å². The van der Waals surface area contributed by atoms with Crippen molar-refractivity contribution in [3.8, 4) is 0 Å². The fourth-order valence-corrected chi connectivity index (χ4v) is 2.61. The van der Waals surface area contributed by atoms with Gasteiger partial charge in [-0.1, -0.05) is 49.7 Å². The van der Waals surface area contributed by atoms with E-state index < -0.39 is 0 Å². The van der Waals surface area contributed by atoms with E-state index in [1.165, 1.54) is 27.6 Å². The largest absolute Gasteiger partial charge is 0.343 e. The van der Waals surface area contributed by atoms with Crippen molar-refractivity contribution in [2.75, 3.05) is 0 Å². The van der Waals surface area contributed by atoms with E-state index in [1.807, 2.05) is 0 Å². The number of aryl methyl sites for hydroxylation is 1. The van der Waals surface area contributed by atoms with Crippen LogP contribution in [0.3, 0.4) is 0 Å². The quantitative estimate of drug-likeness (QED) is 0.618. The van der Waals surface area contributed by atoms with E-state index in [2.05, 4.69) is 80.1 Å². The lowest BCUT2D eigenvalue weighted by Gasteiger charge is -2.08. The highest BCUT2D eigenvalue weighted by atomic mass is 14.9. The number of benzene rings is 2.